The molecular formula is C27H14Cl5F6NO3. The van der Waals surface area contributed by atoms with Crippen LogP contribution in [0.2, 0.25) is 15.1 Å². The molecule has 1 amide bonds. The van der Waals surface area contributed by atoms with Crippen LogP contribution in [0.3, 0.4) is 0 Å². The highest BCUT2D eigenvalue weighted by atomic mass is 35.5. The Labute approximate surface area is 258 Å². The summed E-state index contributed by atoms with van der Waals surface area (Å²) in [5.74, 6) is -11.8. The largest absolute Gasteiger partial charge is 0.326 e. The highest BCUT2D eigenvalue weighted by Gasteiger charge is 2.67. The van der Waals surface area contributed by atoms with Gasteiger partial charge in [0, 0.05) is 36.1 Å². The lowest BCUT2D eigenvalue weighted by atomic mass is 9.97. The lowest BCUT2D eigenvalue weighted by Crippen LogP contribution is -2.19. The number of alkyl halides is 4. The van der Waals surface area contributed by atoms with Crippen LogP contribution in [-0.2, 0) is 22.4 Å². The Morgan fingerprint density at radius 1 is 0.857 bits per heavy atom. The molecule has 0 bridgehead atoms. The number of anilines is 1. The first-order valence-corrected chi connectivity index (χ1v) is 13.6. The Morgan fingerprint density at radius 2 is 1.48 bits per heavy atom. The molecule has 0 aliphatic heterocycles. The van der Waals surface area contributed by atoms with Gasteiger partial charge in [-0.3, -0.25) is 14.4 Å². The lowest BCUT2D eigenvalue weighted by molar-refractivity contribution is -0.128. The number of carbonyl (C=O) groups excluding carboxylic acids is 3. The molecule has 222 valence electrons. The van der Waals surface area contributed by atoms with E-state index in [0.717, 1.165) is 12.1 Å². The molecule has 1 saturated carbocycles. The van der Waals surface area contributed by atoms with Crippen LogP contribution >= 0.6 is 58.0 Å². The van der Waals surface area contributed by atoms with Gasteiger partial charge in [0.15, 0.2) is 17.4 Å². The average Bonchev–Trinajstić information content (AvgIpc) is 3.49. The number of rotatable bonds is 9. The van der Waals surface area contributed by atoms with Gasteiger partial charge in [0.25, 0.3) is 6.43 Å². The van der Waals surface area contributed by atoms with Crippen LogP contribution in [0.25, 0.3) is 0 Å². The molecule has 2 atom stereocenters. The normalized spacial score (nSPS) is 17.3. The van der Waals surface area contributed by atoms with Gasteiger partial charge in [-0.2, -0.15) is 0 Å². The molecule has 0 aromatic heterocycles. The summed E-state index contributed by atoms with van der Waals surface area (Å²) in [6.45, 7) is 0. The van der Waals surface area contributed by atoms with Gasteiger partial charge in [-0.05, 0) is 35.4 Å². The van der Waals surface area contributed by atoms with Gasteiger partial charge in [-0.25, -0.2) is 26.3 Å². The van der Waals surface area contributed by atoms with Gasteiger partial charge in [0.05, 0.1) is 26.5 Å². The number of benzene rings is 3. The highest BCUT2D eigenvalue weighted by molar-refractivity contribution is 6.54. The van der Waals surface area contributed by atoms with E-state index in [-0.39, 0.29) is 15.1 Å². The van der Waals surface area contributed by atoms with Crippen molar-refractivity contribution in [3.63, 3.8) is 0 Å². The predicted octanol–water partition coefficient (Wildman–Crippen LogP) is 8.53. The zero-order valence-electron chi connectivity index (χ0n) is 20.5. The molecule has 1 aliphatic rings. The summed E-state index contributed by atoms with van der Waals surface area (Å²) in [7, 11) is 0. The highest BCUT2D eigenvalue weighted by Crippen LogP contribution is 2.65. The molecule has 0 radical (unpaired) electrons. The summed E-state index contributed by atoms with van der Waals surface area (Å²) in [4.78, 5) is 37.1. The number of carbonyl (C=O) groups is 3. The second-order valence-corrected chi connectivity index (χ2v) is 11.9. The Morgan fingerprint density at radius 3 is 2.07 bits per heavy atom. The van der Waals surface area contributed by atoms with Gasteiger partial charge >= 0.3 is 0 Å². The molecule has 1 aliphatic carbocycles. The van der Waals surface area contributed by atoms with Gasteiger partial charge in [-0.1, -0.05) is 40.9 Å². The molecule has 0 spiro atoms. The maximum Gasteiger partial charge on any atom is 0.296 e. The maximum absolute atomic E-state index is 14.8. The first-order chi connectivity index (χ1) is 19.5. The molecule has 0 unspecified atom stereocenters. The second kappa shape index (κ2) is 12.2. The number of amides is 1. The number of hydrogen-bond acceptors (Lipinski definition) is 3. The van der Waals surface area contributed by atoms with Crippen LogP contribution in [0.15, 0.2) is 36.4 Å². The zero-order valence-corrected chi connectivity index (χ0v) is 24.3. The second-order valence-electron chi connectivity index (χ2n) is 9.28. The molecule has 42 heavy (non-hydrogen) atoms. The average molecular weight is 692 g/mol. The van der Waals surface area contributed by atoms with Gasteiger partial charge in [0.2, 0.25) is 11.7 Å². The van der Waals surface area contributed by atoms with Crippen molar-refractivity contribution in [2.45, 2.75) is 29.5 Å². The van der Waals surface area contributed by atoms with Crippen molar-refractivity contribution in [3.05, 3.63) is 97.0 Å². The van der Waals surface area contributed by atoms with E-state index in [2.05, 4.69) is 5.32 Å². The first kappa shape index (κ1) is 32.4. The summed E-state index contributed by atoms with van der Waals surface area (Å²) < 4.78 is 81.7. The van der Waals surface area contributed by atoms with Crippen molar-refractivity contribution in [3.8, 4) is 0 Å². The number of halogens is 11. The molecule has 4 nitrogen and oxygen atoms in total. The topological polar surface area (TPSA) is 63.2 Å². The van der Waals surface area contributed by atoms with Crippen LogP contribution in [0, 0.1) is 29.2 Å². The van der Waals surface area contributed by atoms with E-state index in [0.29, 0.717) is 17.7 Å². The van der Waals surface area contributed by atoms with E-state index < -0.39 is 98.6 Å². The van der Waals surface area contributed by atoms with E-state index in [1.165, 1.54) is 12.1 Å². The molecule has 1 fully saturated rings. The molecule has 1 N–H and O–H groups in total. The van der Waals surface area contributed by atoms with Crippen molar-refractivity contribution >= 4 is 81.2 Å². The van der Waals surface area contributed by atoms with Crippen molar-refractivity contribution in [1.29, 1.82) is 0 Å². The van der Waals surface area contributed by atoms with Crippen LogP contribution in [-0.4, -0.2) is 28.2 Å². The van der Waals surface area contributed by atoms with Crippen molar-refractivity contribution in [1.82, 2.24) is 0 Å². The summed E-state index contributed by atoms with van der Waals surface area (Å²) in [5, 5.41) is 2.47. The van der Waals surface area contributed by atoms with Crippen LogP contribution < -0.4 is 5.32 Å². The van der Waals surface area contributed by atoms with Crippen LogP contribution in [0.5, 0.6) is 0 Å². The number of ketones is 2. The molecule has 0 saturated heterocycles. The summed E-state index contributed by atoms with van der Waals surface area (Å²) in [6.07, 6.45) is -5.67. The van der Waals surface area contributed by atoms with E-state index in [1.54, 1.807) is 0 Å². The molecule has 15 heteroatoms. The minimum Gasteiger partial charge on any atom is -0.326 e. The quantitative estimate of drug-likeness (QED) is 0.106. The monoisotopic (exact) mass is 689 g/mol. The minimum absolute atomic E-state index is 0.0607. The van der Waals surface area contributed by atoms with E-state index in [4.69, 9.17) is 58.0 Å². The Bertz CT molecular complexity index is 1610. The fraction of sp³-hybridized carbons (Fsp3) is 0.222. The standard InChI is InChI=1S/C27H14Cl5F6NO3/c28-14-3-10(4-15(29)22(14)30)20-21(27(20,31)32)26(42)39-11-6-13(24(36)17(34)7-11)18(40)8-12-16(33)2-1-9(23(12)35)5-19(41)25(37)38/h1-4,6-7,20-21,25H,5,8H2,(H,39,42)/t20-,21+/m0/s1. The van der Waals surface area contributed by atoms with Crippen molar-refractivity contribution in [2.24, 2.45) is 5.92 Å². The minimum atomic E-state index is -3.41. The fourth-order valence-corrected chi connectivity index (χ4v) is 5.81. The Hall–Kier alpha value is -2.50. The molecule has 3 aromatic carbocycles. The third kappa shape index (κ3) is 6.38. The lowest BCUT2D eigenvalue weighted by Gasteiger charge is -2.12. The third-order valence-electron chi connectivity index (χ3n) is 6.51. The SMILES string of the molecule is O=C(Cc1c(F)ccc(CC(=O)C(F)F)c1F)c1cc(NC(=O)[C@H]2[C@H](c3cc(Cl)c(Cl)c(Cl)c3)C2(Cl)Cl)cc(F)c1F. The first-order valence-electron chi connectivity index (χ1n) is 11.7. The van der Waals surface area contributed by atoms with Gasteiger partial charge in [0.1, 0.15) is 16.0 Å². The molecule has 0 heterocycles. The van der Waals surface area contributed by atoms with Crippen LogP contribution in [0.4, 0.5) is 32.0 Å². The Kier molecular flexibility index (Phi) is 9.45. The fourth-order valence-electron chi connectivity index (χ4n) is 4.37. The summed E-state index contributed by atoms with van der Waals surface area (Å²) >= 11 is 30.6. The van der Waals surface area contributed by atoms with Crippen molar-refractivity contribution < 1.29 is 40.7 Å². The smallest absolute Gasteiger partial charge is 0.296 e. The third-order valence-corrected chi connectivity index (χ3v) is 8.65. The molecule has 3 aromatic rings. The molecular weight excluding hydrogens is 678 g/mol. The van der Waals surface area contributed by atoms with Crippen LogP contribution in [0.1, 0.15) is 33.0 Å². The Balaban J connectivity index is 1.57. The zero-order chi connectivity index (χ0) is 31.3. The van der Waals surface area contributed by atoms with E-state index in [9.17, 15) is 40.7 Å². The van der Waals surface area contributed by atoms with Crippen molar-refractivity contribution in [2.75, 3.05) is 5.32 Å². The molecule has 4 rings (SSSR count). The van der Waals surface area contributed by atoms with Gasteiger partial charge in [-0.15, -0.1) is 23.2 Å². The number of nitrogens with one attached hydrogen (secondary N) is 1. The van der Waals surface area contributed by atoms with E-state index in [1.807, 2.05) is 0 Å². The predicted molar refractivity (Wildman–Crippen MR) is 146 cm³/mol. The summed E-state index contributed by atoms with van der Waals surface area (Å²) in [6, 6.07) is 5.48. The summed E-state index contributed by atoms with van der Waals surface area (Å²) in [5.41, 5.74) is -2.61. The number of hydrogen-bond donors (Lipinski definition) is 1. The van der Waals surface area contributed by atoms with Gasteiger partial charge < -0.3 is 5.32 Å². The number of Topliss-reactive ketones (excluding diaryl/α,β-unsaturated/α-hetero) is 2. The van der Waals surface area contributed by atoms with E-state index >= 15 is 0 Å². The maximum atomic E-state index is 14.8.